The average molecular weight is 528 g/mol. The van der Waals surface area contributed by atoms with E-state index in [4.69, 9.17) is 4.74 Å². The molecule has 37 heavy (non-hydrogen) atoms. The number of morpholine rings is 1. The van der Waals surface area contributed by atoms with Crippen LogP contribution in [0.5, 0.6) is 5.75 Å². The molecule has 3 aliphatic heterocycles. The van der Waals surface area contributed by atoms with Crippen molar-refractivity contribution in [3.05, 3.63) is 92.9 Å². The normalized spacial score (nSPS) is 22.4. The smallest absolute Gasteiger partial charge is 0.334 e. The summed E-state index contributed by atoms with van der Waals surface area (Å²) in [5, 5.41) is 21.8. The first-order valence-corrected chi connectivity index (χ1v) is 12.3. The van der Waals surface area contributed by atoms with Crippen LogP contribution in [-0.4, -0.2) is 57.1 Å². The minimum Gasteiger partial charge on any atom is -0.502 e. The summed E-state index contributed by atoms with van der Waals surface area (Å²) in [6, 6.07) is 10.1. The molecule has 4 heterocycles. The van der Waals surface area contributed by atoms with Crippen molar-refractivity contribution < 1.29 is 33.3 Å². The third-order valence-electron chi connectivity index (χ3n) is 6.89. The number of hydrogen-bond acceptors (Lipinski definition) is 7. The second-order valence-electron chi connectivity index (χ2n) is 8.86. The Morgan fingerprint density at radius 1 is 1.08 bits per heavy atom. The van der Waals surface area contributed by atoms with Crippen molar-refractivity contribution in [3.63, 3.8) is 0 Å². The molecule has 1 aromatic heterocycles. The van der Waals surface area contributed by atoms with E-state index >= 15 is 4.39 Å². The quantitative estimate of drug-likeness (QED) is 0.523. The van der Waals surface area contributed by atoms with Crippen LogP contribution in [0.15, 0.2) is 58.4 Å². The Labute approximate surface area is 212 Å². The third kappa shape index (κ3) is 3.50. The van der Waals surface area contributed by atoms with Gasteiger partial charge in [0.1, 0.15) is 6.17 Å². The summed E-state index contributed by atoms with van der Waals surface area (Å²) in [5.41, 5.74) is 0.146. The number of aromatic hydroxyl groups is 1. The molecule has 1 saturated heterocycles. The van der Waals surface area contributed by atoms with Crippen molar-refractivity contribution in [2.24, 2.45) is 0 Å². The van der Waals surface area contributed by atoms with E-state index in [2.05, 4.69) is 0 Å². The number of thioether (sulfide) groups is 1. The fraction of sp³-hybridized carbons (Fsp3) is 0.240. The number of rotatable bonds is 2. The molecule has 3 aliphatic rings. The number of fused-ring (bicyclic) bond motifs is 4. The largest absolute Gasteiger partial charge is 0.502 e. The predicted molar refractivity (Wildman–Crippen MR) is 127 cm³/mol. The van der Waals surface area contributed by atoms with Gasteiger partial charge in [0.25, 0.3) is 5.91 Å². The summed E-state index contributed by atoms with van der Waals surface area (Å²) in [6.07, 6.45) is -0.877. The molecule has 12 heteroatoms. The van der Waals surface area contributed by atoms with Gasteiger partial charge in [0.05, 0.1) is 19.2 Å². The minimum atomic E-state index is -1.32. The summed E-state index contributed by atoms with van der Waals surface area (Å²) >= 11 is 1.33. The molecule has 3 atom stereocenters. The first kappa shape index (κ1) is 23.5. The molecule has 0 saturated carbocycles. The minimum absolute atomic E-state index is 0.140. The topological polar surface area (TPSA) is 112 Å². The maximum absolute atomic E-state index is 15.1. The maximum Gasteiger partial charge on any atom is 0.334 e. The van der Waals surface area contributed by atoms with Gasteiger partial charge in [-0.1, -0.05) is 24.3 Å². The van der Waals surface area contributed by atoms with E-state index < -0.39 is 53.0 Å². The molecule has 0 radical (unpaired) electrons. The molecular formula is C25H19F2N3O6S. The fourth-order valence-electron chi connectivity index (χ4n) is 5.17. The Balaban J connectivity index is 1.64. The van der Waals surface area contributed by atoms with Crippen LogP contribution in [0.1, 0.15) is 33.2 Å². The van der Waals surface area contributed by atoms with Crippen LogP contribution in [-0.2, 0) is 15.3 Å². The number of halogens is 2. The Morgan fingerprint density at radius 3 is 2.65 bits per heavy atom. The lowest BCUT2D eigenvalue weighted by Gasteiger charge is -2.52. The monoisotopic (exact) mass is 527 g/mol. The van der Waals surface area contributed by atoms with E-state index in [9.17, 15) is 29.0 Å². The van der Waals surface area contributed by atoms with Gasteiger partial charge >= 0.3 is 5.97 Å². The summed E-state index contributed by atoms with van der Waals surface area (Å²) in [5.74, 6) is -4.64. The molecule has 0 bridgehead atoms. The molecule has 1 amide bonds. The number of aliphatic carboxylic acids is 1. The van der Waals surface area contributed by atoms with Gasteiger partial charge in [-0.2, -0.15) is 0 Å². The molecule has 0 spiro atoms. The number of pyridine rings is 1. The lowest BCUT2D eigenvalue weighted by atomic mass is 9.93. The number of nitrogens with zero attached hydrogens (tertiary/aromatic N) is 3. The van der Waals surface area contributed by atoms with E-state index in [1.807, 2.05) is 18.2 Å². The Kier molecular flexibility index (Phi) is 5.46. The van der Waals surface area contributed by atoms with E-state index in [0.29, 0.717) is 5.56 Å². The second-order valence-corrected chi connectivity index (χ2v) is 9.88. The number of hydrogen-bond donors (Lipinski definition) is 2. The van der Waals surface area contributed by atoms with Gasteiger partial charge in [-0.3, -0.25) is 19.3 Å². The lowest BCUT2D eigenvalue weighted by Crippen LogP contribution is -2.68. The number of benzene rings is 2. The number of amides is 1. The molecule has 9 nitrogen and oxygen atoms in total. The van der Waals surface area contributed by atoms with Gasteiger partial charge < -0.3 is 19.8 Å². The van der Waals surface area contributed by atoms with E-state index in [1.165, 1.54) is 33.6 Å². The molecule has 2 N–H and O–H groups in total. The van der Waals surface area contributed by atoms with E-state index in [1.54, 1.807) is 11.1 Å². The van der Waals surface area contributed by atoms with Crippen LogP contribution in [0.3, 0.4) is 0 Å². The predicted octanol–water partition coefficient (Wildman–Crippen LogP) is 2.43. The zero-order valence-corrected chi connectivity index (χ0v) is 19.8. The Bertz CT molecular complexity index is 1530. The standard InChI is InChI=1S/C25H19F2N3O6S/c26-15-6-5-12-14(20(15)27)11-37-18-4-2-1-3-13(18)21(12)30-19-10-36-17(25(34)35)9-28(19)24(33)22-23(32)16(31)7-8-29(22)30/h1-8,17,19,21,32H,9-11H2,(H,34,35)/t17?,19-,21+/m1/s1. The van der Waals surface area contributed by atoms with Crippen LogP contribution < -0.4 is 10.4 Å². The molecule has 1 fully saturated rings. The van der Waals surface area contributed by atoms with Gasteiger partial charge in [0, 0.05) is 28.5 Å². The highest BCUT2D eigenvalue weighted by Gasteiger charge is 2.48. The van der Waals surface area contributed by atoms with Crippen molar-refractivity contribution in [1.82, 2.24) is 9.58 Å². The van der Waals surface area contributed by atoms with Crippen molar-refractivity contribution in [1.29, 1.82) is 0 Å². The Hall–Kier alpha value is -3.90. The van der Waals surface area contributed by atoms with Crippen molar-refractivity contribution >= 4 is 23.6 Å². The van der Waals surface area contributed by atoms with Crippen LogP contribution in [0, 0.1) is 11.6 Å². The summed E-state index contributed by atoms with van der Waals surface area (Å²) in [6.45, 7) is -0.564. The van der Waals surface area contributed by atoms with Crippen LogP contribution >= 0.6 is 11.8 Å². The SMILES string of the molecule is O=C(O)C1CN2C(=O)c3c(O)c(=O)ccn3N([C@@H]3c4ccccc4SCc4c3ccc(F)c4F)[C@@H]2CO1. The van der Waals surface area contributed by atoms with Gasteiger partial charge in [0.15, 0.2) is 29.2 Å². The van der Waals surface area contributed by atoms with Gasteiger partial charge in [-0.25, -0.2) is 13.6 Å². The first-order chi connectivity index (χ1) is 17.8. The highest BCUT2D eigenvalue weighted by atomic mass is 32.2. The zero-order chi connectivity index (χ0) is 26.0. The number of ether oxygens (including phenoxy) is 1. The zero-order valence-electron chi connectivity index (χ0n) is 19.0. The van der Waals surface area contributed by atoms with E-state index in [-0.39, 0.29) is 30.2 Å². The van der Waals surface area contributed by atoms with Crippen molar-refractivity contribution in [2.45, 2.75) is 29.0 Å². The molecule has 190 valence electrons. The van der Waals surface area contributed by atoms with Crippen LogP contribution in [0.4, 0.5) is 8.78 Å². The van der Waals surface area contributed by atoms with Crippen molar-refractivity contribution in [3.8, 4) is 5.75 Å². The Morgan fingerprint density at radius 2 is 1.86 bits per heavy atom. The van der Waals surface area contributed by atoms with Crippen molar-refractivity contribution in [2.75, 3.05) is 18.2 Å². The third-order valence-corrected chi connectivity index (χ3v) is 8.01. The number of carboxylic acid groups (broad SMARTS) is 1. The number of aromatic nitrogens is 1. The van der Waals surface area contributed by atoms with Gasteiger partial charge in [-0.15, -0.1) is 11.8 Å². The molecule has 6 rings (SSSR count). The second kappa shape index (κ2) is 8.60. The molecular weight excluding hydrogens is 508 g/mol. The first-order valence-electron chi connectivity index (χ1n) is 11.3. The van der Waals surface area contributed by atoms with Crippen LogP contribution in [0.2, 0.25) is 0 Å². The number of carbonyl (C=O) groups excluding carboxylic acids is 1. The number of carbonyl (C=O) groups is 2. The average Bonchev–Trinajstić information content (AvgIpc) is 3.05. The summed E-state index contributed by atoms with van der Waals surface area (Å²) in [4.78, 5) is 39.5. The summed E-state index contributed by atoms with van der Waals surface area (Å²) in [7, 11) is 0. The molecule has 1 unspecified atom stereocenters. The number of carboxylic acids is 1. The summed E-state index contributed by atoms with van der Waals surface area (Å²) < 4.78 is 36.4. The molecule has 2 aromatic carbocycles. The maximum atomic E-state index is 15.1. The van der Waals surface area contributed by atoms with Crippen LogP contribution in [0.25, 0.3) is 0 Å². The highest BCUT2D eigenvalue weighted by molar-refractivity contribution is 7.98. The van der Waals surface area contributed by atoms with E-state index in [0.717, 1.165) is 22.6 Å². The lowest BCUT2D eigenvalue weighted by molar-refractivity contribution is -0.158. The molecule has 3 aromatic rings. The highest BCUT2D eigenvalue weighted by Crippen LogP contribution is 2.45. The fourth-order valence-corrected chi connectivity index (χ4v) is 6.28. The van der Waals surface area contributed by atoms with Gasteiger partial charge in [-0.05, 0) is 23.3 Å². The van der Waals surface area contributed by atoms with Gasteiger partial charge in [0.2, 0.25) is 5.43 Å². The molecule has 0 aliphatic carbocycles.